The highest BCUT2D eigenvalue weighted by atomic mass is 15.1. The molecule has 0 spiro atoms. The number of rotatable bonds is 7. The third-order valence-corrected chi connectivity index (χ3v) is 2.68. The summed E-state index contributed by atoms with van der Waals surface area (Å²) in [4.78, 5) is 8.99. The van der Waals surface area contributed by atoms with Crippen molar-refractivity contribution in [2.45, 2.75) is 33.2 Å². The van der Waals surface area contributed by atoms with E-state index in [2.05, 4.69) is 37.7 Å². The van der Waals surface area contributed by atoms with E-state index in [9.17, 15) is 0 Å². The number of hydrogen-bond acceptors (Lipinski definition) is 6. The molecule has 2 aromatic rings. The van der Waals surface area contributed by atoms with Gasteiger partial charge in [-0.1, -0.05) is 6.92 Å². The second-order valence-corrected chi connectivity index (χ2v) is 4.40. The predicted octanol–water partition coefficient (Wildman–Crippen LogP) is 2.26. The third-order valence-electron chi connectivity index (χ3n) is 2.68. The summed E-state index contributed by atoms with van der Waals surface area (Å²) in [5, 5.41) is 14.4. The molecule has 0 aliphatic rings. The largest absolute Gasteiger partial charge is 0.370 e. The zero-order valence-corrected chi connectivity index (χ0v) is 11.9. The van der Waals surface area contributed by atoms with Gasteiger partial charge in [-0.3, -0.25) is 0 Å². The van der Waals surface area contributed by atoms with Gasteiger partial charge in [-0.15, -0.1) is 0 Å². The Hall–Kier alpha value is -2.24. The first-order valence-electron chi connectivity index (χ1n) is 6.94. The van der Waals surface area contributed by atoms with Crippen molar-refractivity contribution in [3.05, 3.63) is 35.9 Å². The molecule has 0 saturated carbocycles. The van der Waals surface area contributed by atoms with Crippen molar-refractivity contribution in [1.82, 2.24) is 20.2 Å². The molecule has 20 heavy (non-hydrogen) atoms. The highest BCUT2D eigenvalue weighted by Crippen LogP contribution is 2.13. The van der Waals surface area contributed by atoms with Gasteiger partial charge in [-0.2, -0.15) is 10.2 Å². The summed E-state index contributed by atoms with van der Waals surface area (Å²) in [6.45, 7) is 5.61. The van der Waals surface area contributed by atoms with Gasteiger partial charge in [0, 0.05) is 25.2 Å². The van der Waals surface area contributed by atoms with Crippen LogP contribution in [0.15, 0.2) is 24.4 Å². The Morgan fingerprint density at radius 3 is 2.55 bits per heavy atom. The number of aryl methyl sites for hydroxylation is 1. The summed E-state index contributed by atoms with van der Waals surface area (Å²) in [5.74, 6) is 2.52. The number of nitrogens with one attached hydrogen (secondary N) is 2. The average molecular weight is 272 g/mol. The van der Waals surface area contributed by atoms with E-state index in [1.54, 1.807) is 6.20 Å². The van der Waals surface area contributed by atoms with Crippen LogP contribution in [0.3, 0.4) is 0 Å². The molecule has 0 bridgehead atoms. The molecule has 0 fully saturated rings. The molecule has 2 aromatic heterocycles. The maximum Gasteiger partial charge on any atom is 0.133 e. The van der Waals surface area contributed by atoms with Crippen LogP contribution in [-0.2, 0) is 13.0 Å². The maximum atomic E-state index is 4.51. The Labute approximate surface area is 119 Å². The highest BCUT2D eigenvalue weighted by molar-refractivity contribution is 5.47. The average Bonchev–Trinajstić information content (AvgIpc) is 2.47. The van der Waals surface area contributed by atoms with Crippen LogP contribution in [0.5, 0.6) is 0 Å². The number of nitrogens with zero attached hydrogens (tertiary/aromatic N) is 4. The molecule has 0 amide bonds. The molecule has 2 rings (SSSR count). The fraction of sp³-hybridized carbons (Fsp3) is 0.429. The molecule has 0 aliphatic heterocycles. The van der Waals surface area contributed by atoms with Crippen molar-refractivity contribution in [3.8, 4) is 0 Å². The van der Waals surface area contributed by atoms with E-state index in [4.69, 9.17) is 0 Å². The molecule has 6 heteroatoms. The van der Waals surface area contributed by atoms with Gasteiger partial charge < -0.3 is 10.6 Å². The molecular formula is C14H20N6. The Kier molecular flexibility index (Phi) is 5.23. The summed E-state index contributed by atoms with van der Waals surface area (Å²) in [6.07, 6.45) is 3.56. The lowest BCUT2D eigenvalue weighted by Crippen LogP contribution is -2.09. The normalized spacial score (nSPS) is 10.3. The monoisotopic (exact) mass is 272 g/mol. The lowest BCUT2D eigenvalue weighted by molar-refractivity contribution is 0.831. The number of aromatic nitrogens is 4. The van der Waals surface area contributed by atoms with Crippen molar-refractivity contribution in [2.75, 3.05) is 17.2 Å². The van der Waals surface area contributed by atoms with Gasteiger partial charge in [0.15, 0.2) is 0 Å². The van der Waals surface area contributed by atoms with E-state index < -0.39 is 0 Å². The quantitative estimate of drug-likeness (QED) is 0.805. The van der Waals surface area contributed by atoms with Crippen LogP contribution in [0.1, 0.15) is 31.8 Å². The lowest BCUT2D eigenvalue weighted by Gasteiger charge is -2.10. The van der Waals surface area contributed by atoms with Gasteiger partial charge in [-0.25, -0.2) is 9.97 Å². The van der Waals surface area contributed by atoms with E-state index in [1.165, 1.54) is 0 Å². The van der Waals surface area contributed by atoms with Gasteiger partial charge >= 0.3 is 0 Å². The van der Waals surface area contributed by atoms with Gasteiger partial charge in [0.25, 0.3) is 0 Å². The highest BCUT2D eigenvalue weighted by Gasteiger charge is 2.04. The summed E-state index contributed by atoms with van der Waals surface area (Å²) in [5.41, 5.74) is 0.883. The van der Waals surface area contributed by atoms with Crippen LogP contribution in [-0.4, -0.2) is 26.7 Å². The molecule has 0 radical (unpaired) electrons. The Morgan fingerprint density at radius 1 is 1.10 bits per heavy atom. The van der Waals surface area contributed by atoms with E-state index in [0.717, 1.165) is 42.5 Å². The fourth-order valence-electron chi connectivity index (χ4n) is 1.80. The first-order chi connectivity index (χ1) is 9.81. The second kappa shape index (κ2) is 7.37. The van der Waals surface area contributed by atoms with E-state index in [0.29, 0.717) is 6.54 Å². The summed E-state index contributed by atoms with van der Waals surface area (Å²) in [6, 6.07) is 5.72. The van der Waals surface area contributed by atoms with Crippen molar-refractivity contribution in [1.29, 1.82) is 0 Å². The molecule has 0 atom stereocenters. The second-order valence-electron chi connectivity index (χ2n) is 4.40. The summed E-state index contributed by atoms with van der Waals surface area (Å²) >= 11 is 0. The zero-order valence-electron chi connectivity index (χ0n) is 11.9. The van der Waals surface area contributed by atoms with Crippen LogP contribution in [0.25, 0.3) is 0 Å². The molecule has 2 N–H and O–H groups in total. The topological polar surface area (TPSA) is 75.6 Å². The Morgan fingerprint density at radius 2 is 1.90 bits per heavy atom. The summed E-state index contributed by atoms with van der Waals surface area (Å²) < 4.78 is 0. The molecule has 106 valence electrons. The minimum absolute atomic E-state index is 0.599. The molecule has 2 heterocycles. The van der Waals surface area contributed by atoms with Crippen LogP contribution in [0.2, 0.25) is 0 Å². The van der Waals surface area contributed by atoms with E-state index >= 15 is 0 Å². The fourth-order valence-corrected chi connectivity index (χ4v) is 1.80. The van der Waals surface area contributed by atoms with Crippen molar-refractivity contribution in [3.63, 3.8) is 0 Å². The summed E-state index contributed by atoms with van der Waals surface area (Å²) in [7, 11) is 0. The number of anilines is 2. The van der Waals surface area contributed by atoms with Crippen LogP contribution in [0, 0.1) is 0 Å². The third kappa shape index (κ3) is 4.15. The van der Waals surface area contributed by atoms with Crippen LogP contribution < -0.4 is 10.6 Å². The van der Waals surface area contributed by atoms with E-state index in [1.807, 2.05) is 25.1 Å². The standard InChI is InChI=1S/C14H20N6/c1-3-6-12-18-13(15-4-2)9-14(19-12)16-10-11-7-5-8-17-20-11/h5,7-9H,3-4,6,10H2,1-2H3,(H2,15,16,18,19). The first-order valence-corrected chi connectivity index (χ1v) is 6.94. The molecule has 0 unspecified atom stereocenters. The number of hydrogen-bond donors (Lipinski definition) is 2. The molecule has 0 saturated heterocycles. The SMILES string of the molecule is CCCc1nc(NCC)cc(NCc2cccnn2)n1. The zero-order chi connectivity index (χ0) is 14.2. The van der Waals surface area contributed by atoms with Crippen molar-refractivity contribution in [2.24, 2.45) is 0 Å². The predicted molar refractivity (Wildman–Crippen MR) is 79.5 cm³/mol. The Balaban J connectivity index is 2.09. The maximum absolute atomic E-state index is 4.51. The van der Waals surface area contributed by atoms with Gasteiger partial charge in [0.05, 0.1) is 12.2 Å². The lowest BCUT2D eigenvalue weighted by atomic mass is 10.3. The minimum Gasteiger partial charge on any atom is -0.370 e. The molecule has 0 aromatic carbocycles. The van der Waals surface area contributed by atoms with Crippen LogP contribution in [0.4, 0.5) is 11.6 Å². The van der Waals surface area contributed by atoms with Gasteiger partial charge in [0.1, 0.15) is 17.5 Å². The minimum atomic E-state index is 0.599. The van der Waals surface area contributed by atoms with E-state index in [-0.39, 0.29) is 0 Å². The Bertz CT molecular complexity index is 504. The smallest absolute Gasteiger partial charge is 0.133 e. The van der Waals surface area contributed by atoms with Crippen molar-refractivity contribution >= 4 is 11.6 Å². The van der Waals surface area contributed by atoms with Crippen LogP contribution >= 0.6 is 0 Å². The first kappa shape index (κ1) is 14.2. The van der Waals surface area contributed by atoms with Gasteiger partial charge in [0.2, 0.25) is 0 Å². The van der Waals surface area contributed by atoms with Crippen molar-refractivity contribution < 1.29 is 0 Å². The molecule has 6 nitrogen and oxygen atoms in total. The molecule has 0 aliphatic carbocycles. The molecular weight excluding hydrogens is 252 g/mol. The van der Waals surface area contributed by atoms with Gasteiger partial charge in [-0.05, 0) is 25.5 Å².